The van der Waals surface area contributed by atoms with Gasteiger partial charge in [0.15, 0.2) is 9.84 Å². The molecule has 0 saturated carbocycles. The molecule has 3 heterocycles. The summed E-state index contributed by atoms with van der Waals surface area (Å²) >= 11 is 13.2. The van der Waals surface area contributed by atoms with E-state index in [2.05, 4.69) is 10.3 Å². The summed E-state index contributed by atoms with van der Waals surface area (Å²) < 4.78 is 50.1. The fraction of sp³-hybridized carbons (Fsp3) is 0.167. The van der Waals surface area contributed by atoms with Gasteiger partial charge in [0, 0.05) is 45.8 Å². The summed E-state index contributed by atoms with van der Waals surface area (Å²) in [7, 11) is -3.31. The van der Waals surface area contributed by atoms with Crippen LogP contribution in [0.5, 0.6) is 17.4 Å². The first-order valence-corrected chi connectivity index (χ1v) is 14.1. The number of amides is 1. The van der Waals surface area contributed by atoms with Crippen molar-refractivity contribution in [2.24, 2.45) is 0 Å². The molecular formula is C24H17Cl2FN2O5S2. The van der Waals surface area contributed by atoms with E-state index in [1.165, 1.54) is 35.8 Å². The number of pyridine rings is 1. The number of rotatable bonds is 5. The second kappa shape index (κ2) is 9.51. The summed E-state index contributed by atoms with van der Waals surface area (Å²) in [6, 6.07) is 11.8. The molecule has 1 N–H and O–H groups in total. The Kier molecular flexibility index (Phi) is 6.54. The second-order valence-corrected chi connectivity index (χ2v) is 12.3. The van der Waals surface area contributed by atoms with Crippen LogP contribution in [0.4, 0.5) is 10.1 Å². The number of carbonyl (C=O) groups is 1. The molecule has 0 bridgehead atoms. The van der Waals surface area contributed by atoms with Gasteiger partial charge in [-0.2, -0.15) is 0 Å². The third kappa shape index (κ3) is 5.27. The molecule has 1 aliphatic heterocycles. The molecule has 0 aliphatic carbocycles. The Bertz CT molecular complexity index is 1600. The minimum absolute atomic E-state index is 0.0347. The van der Waals surface area contributed by atoms with E-state index >= 15 is 0 Å². The molecule has 1 unspecified atom stereocenters. The lowest BCUT2D eigenvalue weighted by atomic mass is 10.0. The van der Waals surface area contributed by atoms with E-state index in [1.54, 1.807) is 18.2 Å². The number of thiophene rings is 1. The molecule has 36 heavy (non-hydrogen) atoms. The van der Waals surface area contributed by atoms with Crippen molar-refractivity contribution in [2.45, 2.75) is 11.7 Å². The topological polar surface area (TPSA) is 94.6 Å². The first-order valence-electron chi connectivity index (χ1n) is 10.6. The number of benzene rings is 2. The molecule has 5 rings (SSSR count). The largest absolute Gasteiger partial charge is 0.493 e. The summed E-state index contributed by atoms with van der Waals surface area (Å²) in [5, 5.41) is 3.05. The molecule has 0 radical (unpaired) electrons. The Hall–Kier alpha value is -2.92. The van der Waals surface area contributed by atoms with E-state index in [4.69, 9.17) is 32.7 Å². The number of nitrogens with one attached hydrogen (secondary N) is 1. The Morgan fingerprint density at radius 2 is 1.97 bits per heavy atom. The Balaban J connectivity index is 1.40. The highest BCUT2D eigenvalue weighted by molar-refractivity contribution is 7.90. The summed E-state index contributed by atoms with van der Waals surface area (Å²) in [6.07, 6.45) is 1.59. The van der Waals surface area contributed by atoms with Crippen molar-refractivity contribution in [3.8, 4) is 17.4 Å². The summed E-state index contributed by atoms with van der Waals surface area (Å²) in [4.78, 5) is 17.4. The Morgan fingerprint density at radius 1 is 1.17 bits per heavy atom. The van der Waals surface area contributed by atoms with Crippen LogP contribution in [0, 0.1) is 5.82 Å². The maximum absolute atomic E-state index is 13.6. The smallest absolute Gasteiger partial charge is 0.265 e. The van der Waals surface area contributed by atoms with E-state index in [1.807, 2.05) is 0 Å². The molecular weight excluding hydrogens is 550 g/mol. The van der Waals surface area contributed by atoms with Crippen LogP contribution in [0.1, 0.15) is 26.9 Å². The molecule has 0 saturated heterocycles. The van der Waals surface area contributed by atoms with Crippen LogP contribution in [0.3, 0.4) is 0 Å². The normalized spacial score (nSPS) is 15.3. The van der Waals surface area contributed by atoms with E-state index in [0.29, 0.717) is 34.9 Å². The molecule has 2 aromatic heterocycles. The van der Waals surface area contributed by atoms with Crippen LogP contribution in [0.25, 0.3) is 10.1 Å². The number of anilines is 1. The predicted octanol–water partition coefficient (Wildman–Crippen LogP) is 6.66. The maximum atomic E-state index is 13.6. The van der Waals surface area contributed by atoms with Crippen molar-refractivity contribution in [2.75, 3.05) is 18.2 Å². The Labute approximate surface area is 219 Å². The number of hydrogen-bond donors (Lipinski definition) is 1. The monoisotopic (exact) mass is 566 g/mol. The average molecular weight is 567 g/mol. The van der Waals surface area contributed by atoms with Gasteiger partial charge >= 0.3 is 0 Å². The van der Waals surface area contributed by atoms with Crippen LogP contribution in [-0.2, 0) is 9.84 Å². The number of fused-ring (bicyclic) bond motifs is 2. The van der Waals surface area contributed by atoms with E-state index in [-0.39, 0.29) is 21.8 Å². The standard InChI is InChI=1S/C24H17Cl2FN2O5S2/c1-36(31,32)21-2-3-33-18-11-19-12(4-17(18)21)5-20(35-19)24(30)28-15-9-22(26)29-23(10-15)34-16-7-13(25)6-14(27)8-16/h4-11,21H,2-3H2,1H3,(H,28,29,30). The first kappa shape index (κ1) is 24.8. The highest BCUT2D eigenvalue weighted by atomic mass is 35.5. The van der Waals surface area contributed by atoms with Crippen molar-refractivity contribution >= 4 is 66.1 Å². The molecule has 0 fully saturated rings. The van der Waals surface area contributed by atoms with Gasteiger partial charge < -0.3 is 14.8 Å². The van der Waals surface area contributed by atoms with Crippen LogP contribution in [0.2, 0.25) is 10.2 Å². The lowest BCUT2D eigenvalue weighted by Gasteiger charge is -2.24. The lowest BCUT2D eigenvalue weighted by Crippen LogP contribution is -2.20. The molecule has 1 atom stereocenters. The molecule has 0 spiro atoms. The number of ether oxygens (including phenoxy) is 2. The van der Waals surface area contributed by atoms with Gasteiger partial charge in [0.1, 0.15) is 22.5 Å². The van der Waals surface area contributed by atoms with Crippen molar-refractivity contribution < 1.29 is 27.1 Å². The lowest BCUT2D eigenvalue weighted by molar-refractivity contribution is 0.103. The fourth-order valence-corrected chi connectivity index (χ4v) is 6.50. The number of aromatic nitrogens is 1. The summed E-state index contributed by atoms with van der Waals surface area (Å²) in [6.45, 7) is 0.310. The number of halogens is 3. The van der Waals surface area contributed by atoms with Gasteiger partial charge in [-0.25, -0.2) is 17.8 Å². The Morgan fingerprint density at radius 3 is 2.72 bits per heavy atom. The second-order valence-electron chi connectivity index (χ2n) is 8.17. The van der Waals surface area contributed by atoms with Gasteiger partial charge in [0.2, 0.25) is 5.88 Å². The van der Waals surface area contributed by atoms with Crippen LogP contribution in [0.15, 0.2) is 48.5 Å². The van der Waals surface area contributed by atoms with Crippen molar-refractivity contribution in [3.63, 3.8) is 0 Å². The molecule has 2 aromatic carbocycles. The molecule has 7 nitrogen and oxygen atoms in total. The highest BCUT2D eigenvalue weighted by Crippen LogP contribution is 2.41. The first-order chi connectivity index (χ1) is 17.0. The molecule has 1 amide bonds. The number of nitrogens with zero attached hydrogens (tertiary/aromatic N) is 1. The van der Waals surface area contributed by atoms with Crippen LogP contribution in [-0.4, -0.2) is 32.2 Å². The highest BCUT2D eigenvalue weighted by Gasteiger charge is 2.30. The summed E-state index contributed by atoms with van der Waals surface area (Å²) in [5.74, 6) is -0.315. The van der Waals surface area contributed by atoms with Gasteiger partial charge in [0.05, 0.1) is 16.7 Å². The quantitative estimate of drug-likeness (QED) is 0.271. The third-order valence-electron chi connectivity index (χ3n) is 5.46. The number of carbonyl (C=O) groups excluding carboxylic acids is 1. The van der Waals surface area contributed by atoms with Crippen molar-refractivity contribution in [3.05, 3.63) is 75.0 Å². The van der Waals surface area contributed by atoms with Gasteiger partial charge in [-0.05, 0) is 41.8 Å². The molecule has 4 aromatic rings. The van der Waals surface area contributed by atoms with Crippen LogP contribution >= 0.6 is 34.5 Å². The zero-order valence-electron chi connectivity index (χ0n) is 18.5. The summed E-state index contributed by atoms with van der Waals surface area (Å²) in [5.41, 5.74) is 0.913. The van der Waals surface area contributed by atoms with Gasteiger partial charge in [-0.1, -0.05) is 23.2 Å². The minimum Gasteiger partial charge on any atom is -0.493 e. The van der Waals surface area contributed by atoms with Gasteiger partial charge in [-0.15, -0.1) is 11.3 Å². The molecule has 1 aliphatic rings. The van der Waals surface area contributed by atoms with E-state index in [9.17, 15) is 17.6 Å². The zero-order valence-corrected chi connectivity index (χ0v) is 21.7. The average Bonchev–Trinajstić information content (AvgIpc) is 3.18. The molecule has 12 heteroatoms. The third-order valence-corrected chi connectivity index (χ3v) is 8.49. The zero-order chi connectivity index (χ0) is 25.6. The van der Waals surface area contributed by atoms with Crippen molar-refractivity contribution in [1.82, 2.24) is 4.98 Å². The van der Waals surface area contributed by atoms with E-state index < -0.39 is 26.8 Å². The van der Waals surface area contributed by atoms with Gasteiger partial charge in [0.25, 0.3) is 5.91 Å². The number of sulfone groups is 1. The fourth-order valence-electron chi connectivity index (χ4n) is 3.95. The molecule has 186 valence electrons. The van der Waals surface area contributed by atoms with Crippen molar-refractivity contribution in [1.29, 1.82) is 0 Å². The SMILES string of the molecule is CS(=O)(=O)C1CCOc2cc3sc(C(=O)Nc4cc(Cl)nc(Oc5cc(F)cc(Cl)c5)c4)cc3cc21. The predicted molar refractivity (Wildman–Crippen MR) is 138 cm³/mol. The van der Waals surface area contributed by atoms with Crippen LogP contribution < -0.4 is 14.8 Å². The number of hydrogen-bond acceptors (Lipinski definition) is 7. The maximum Gasteiger partial charge on any atom is 0.265 e. The van der Waals surface area contributed by atoms with E-state index in [0.717, 1.165) is 22.2 Å². The minimum atomic E-state index is -3.31. The van der Waals surface area contributed by atoms with Gasteiger partial charge in [-0.3, -0.25) is 4.79 Å².